The number of H-pyrrole nitrogens is 2. The van der Waals surface area contributed by atoms with Gasteiger partial charge in [0.1, 0.15) is 11.4 Å². The van der Waals surface area contributed by atoms with Gasteiger partial charge in [0.15, 0.2) is 0 Å². The number of nitrogens with one attached hydrogen (secondary N) is 2. The molecule has 0 aliphatic rings. The zero-order valence-corrected chi connectivity index (χ0v) is 42.6. The molecule has 10 heteroatoms. The average Bonchev–Trinajstić information content (AvgIpc) is 4.06. The molecule has 0 fully saturated rings. The van der Waals surface area contributed by atoms with Gasteiger partial charge in [-0.3, -0.25) is 10.2 Å². The first-order valence-electron chi connectivity index (χ1n) is 21.2. The maximum atomic E-state index is 4.74. The number of hydrogen-bond acceptors (Lipinski definition) is 3. The smallest absolute Gasteiger partial charge is 0.0134 e. The molecule has 5 nitrogen and oxygen atoms in total. The summed E-state index contributed by atoms with van der Waals surface area (Å²) in [7, 11) is 3.68. The summed E-state index contributed by atoms with van der Waals surface area (Å²) in [6.45, 7) is 13.0. The number of aromatic nitrogens is 5. The van der Waals surface area contributed by atoms with Crippen LogP contribution in [-0.2, 0) is 28.1 Å². The Hall–Kier alpha value is -5.05. The van der Waals surface area contributed by atoms with Crippen molar-refractivity contribution in [2.75, 3.05) is 0 Å². The number of pyridine rings is 1. The van der Waals surface area contributed by atoms with Crippen LogP contribution >= 0.6 is 25.5 Å². The summed E-state index contributed by atoms with van der Waals surface area (Å²) in [4.78, 5) is 4.74. The van der Waals surface area contributed by atoms with E-state index in [4.69, 9.17) is 4.98 Å². The normalized spacial score (nSPS) is 10.9. The number of benzene rings is 6. The van der Waals surface area contributed by atoms with Crippen molar-refractivity contribution >= 4 is 57.4 Å². The van der Waals surface area contributed by atoms with E-state index < -0.39 is 15.8 Å². The Morgan fingerprint density at radius 2 is 0.585 bits per heavy atom. The average molecular weight is 1020 g/mol. The largest absolute Gasteiger partial charge is 0.0622 e. The SMILES string of the molecule is CC(C)(C)c1cc(-c2cccc(-c3cc(C(C)(C)C)[nH]n3)n2)n[nH]1.[Cl-].[Cl][Ru+].c1ccc(P(c2ccccc2)c2ccccc2)cc1.c1ccc(P(c2ccccc2)c2ccccc2)cc1. The molecule has 3 heterocycles. The molecule has 0 aliphatic heterocycles. The van der Waals surface area contributed by atoms with Crippen LogP contribution in [0.1, 0.15) is 52.9 Å². The first kappa shape index (κ1) is 50.9. The molecular formula is C55H55Cl2N5P2Ru. The van der Waals surface area contributed by atoms with Gasteiger partial charge in [-0.15, -0.1) is 0 Å². The quantitative estimate of drug-likeness (QED) is 0.118. The standard InChI is InChI=1S/C19H25N5.2C18H15P.2ClH.Ru/c1-18(2,3)16-10-14(21-23-16)12-8-7-9-13(20-12)15-11-17(24-22-15)19(4,5)6;2*1-4-10-16(11-5-1)19(17-12-6-2-7-13-17)18-14-8-3-9-15-18;;;/h7-11H,1-6H3,(H,21,23)(H,22,24);2*1-15H;2*1H;/q;;;;;+2/p-2. The summed E-state index contributed by atoms with van der Waals surface area (Å²) in [5.74, 6) is 0. The molecule has 6 aromatic carbocycles. The van der Waals surface area contributed by atoms with Crippen LogP contribution in [0.4, 0.5) is 0 Å². The predicted octanol–water partition coefficient (Wildman–Crippen LogP) is 9.04. The van der Waals surface area contributed by atoms with Gasteiger partial charge in [-0.2, -0.15) is 10.2 Å². The maximum Gasteiger partial charge on any atom is -0.0134 e. The van der Waals surface area contributed by atoms with Crippen LogP contribution in [0.5, 0.6) is 0 Å². The number of rotatable bonds is 8. The van der Waals surface area contributed by atoms with Crippen molar-refractivity contribution in [3.05, 3.63) is 224 Å². The van der Waals surface area contributed by atoms with Gasteiger partial charge in [-0.1, -0.05) is 230 Å². The summed E-state index contributed by atoms with van der Waals surface area (Å²) in [6, 6.07) is 74.7. The van der Waals surface area contributed by atoms with Crippen LogP contribution in [0.3, 0.4) is 0 Å². The fraction of sp³-hybridized carbons (Fsp3) is 0.145. The first-order chi connectivity index (χ1) is 31.0. The van der Waals surface area contributed by atoms with Crippen molar-refractivity contribution < 1.29 is 29.7 Å². The molecule has 0 bridgehead atoms. The van der Waals surface area contributed by atoms with Gasteiger partial charge in [0.2, 0.25) is 0 Å². The van der Waals surface area contributed by atoms with E-state index in [1.807, 2.05) is 35.5 Å². The Labute approximate surface area is 408 Å². The van der Waals surface area contributed by atoms with Gasteiger partial charge >= 0.3 is 27.0 Å². The summed E-state index contributed by atoms with van der Waals surface area (Å²) < 4.78 is 0. The molecule has 0 unspecified atom stereocenters. The van der Waals surface area contributed by atoms with E-state index in [-0.39, 0.29) is 23.2 Å². The topological polar surface area (TPSA) is 70.2 Å². The summed E-state index contributed by atoms with van der Waals surface area (Å²) in [5.41, 5.74) is 5.67. The zero-order valence-electron chi connectivity index (χ0n) is 37.6. The van der Waals surface area contributed by atoms with Crippen molar-refractivity contribution in [3.63, 3.8) is 0 Å². The molecule has 0 saturated carbocycles. The molecule has 3 aromatic heterocycles. The fourth-order valence-electron chi connectivity index (χ4n) is 6.75. The van der Waals surface area contributed by atoms with Gasteiger partial charge in [0.05, 0.1) is 11.4 Å². The monoisotopic (exact) mass is 1020 g/mol. The van der Waals surface area contributed by atoms with Crippen LogP contribution in [0.25, 0.3) is 22.8 Å². The summed E-state index contributed by atoms with van der Waals surface area (Å²) in [5, 5.41) is 23.5. The van der Waals surface area contributed by atoms with Crippen molar-refractivity contribution in [2.24, 2.45) is 0 Å². The molecule has 0 saturated heterocycles. The van der Waals surface area contributed by atoms with E-state index in [0.717, 1.165) is 34.2 Å². The van der Waals surface area contributed by atoms with E-state index in [1.165, 1.54) is 31.8 Å². The Kier molecular flexibility index (Phi) is 19.6. The van der Waals surface area contributed by atoms with Crippen molar-refractivity contribution in [1.82, 2.24) is 25.4 Å². The second-order valence-corrected chi connectivity index (χ2v) is 21.4. The Bertz CT molecular complexity index is 2330. The van der Waals surface area contributed by atoms with Crippen LogP contribution in [0.15, 0.2) is 212 Å². The van der Waals surface area contributed by atoms with Crippen molar-refractivity contribution in [2.45, 2.75) is 52.4 Å². The summed E-state index contributed by atoms with van der Waals surface area (Å²) >= 11 is 1.82. The maximum absolute atomic E-state index is 4.74. The molecule has 0 atom stereocenters. The molecule has 0 aliphatic carbocycles. The van der Waals surface area contributed by atoms with Gasteiger partial charge in [-0.05, 0) is 71.9 Å². The number of nitrogens with zero attached hydrogens (tertiary/aromatic N) is 3. The molecular weight excluding hydrogens is 965 g/mol. The molecule has 65 heavy (non-hydrogen) atoms. The molecule has 0 amide bonds. The van der Waals surface area contributed by atoms with Gasteiger partial charge in [-0.25, -0.2) is 4.98 Å². The number of aromatic amines is 2. The van der Waals surface area contributed by atoms with Crippen LogP contribution in [0, 0.1) is 0 Å². The van der Waals surface area contributed by atoms with Gasteiger partial charge < -0.3 is 12.4 Å². The Morgan fingerprint density at radius 1 is 0.354 bits per heavy atom. The van der Waals surface area contributed by atoms with E-state index in [2.05, 4.69) is 266 Å². The predicted molar refractivity (Wildman–Crippen MR) is 273 cm³/mol. The first-order valence-corrected chi connectivity index (χ1v) is 26.1. The summed E-state index contributed by atoms with van der Waals surface area (Å²) in [6.07, 6.45) is 0. The second kappa shape index (κ2) is 25.0. The molecule has 9 rings (SSSR count). The van der Waals surface area contributed by atoms with E-state index in [0.29, 0.717) is 0 Å². The number of hydrogen-bond donors (Lipinski definition) is 2. The van der Waals surface area contributed by atoms with Gasteiger partial charge in [0.25, 0.3) is 0 Å². The fourth-order valence-corrected chi connectivity index (χ4v) is 11.4. The minimum Gasteiger partial charge on any atom is -0.0622 e. The third-order valence-corrected chi connectivity index (χ3v) is 15.0. The van der Waals surface area contributed by atoms with Crippen LogP contribution in [-0.4, -0.2) is 25.4 Å². The third-order valence-electron chi connectivity index (χ3n) is 10.1. The Morgan fingerprint density at radius 3 is 0.785 bits per heavy atom. The minimum atomic E-state index is -0.446. The molecule has 0 radical (unpaired) electrons. The third kappa shape index (κ3) is 14.5. The van der Waals surface area contributed by atoms with E-state index in [1.54, 1.807) is 0 Å². The van der Waals surface area contributed by atoms with Gasteiger partial charge in [0, 0.05) is 22.2 Å². The minimum absolute atomic E-state index is 0. The van der Waals surface area contributed by atoms with Crippen molar-refractivity contribution in [3.8, 4) is 22.8 Å². The molecule has 332 valence electrons. The molecule has 2 N–H and O–H groups in total. The number of halogens is 2. The van der Waals surface area contributed by atoms with Crippen LogP contribution in [0.2, 0.25) is 0 Å². The van der Waals surface area contributed by atoms with Crippen molar-refractivity contribution in [1.29, 1.82) is 0 Å². The van der Waals surface area contributed by atoms with E-state index in [9.17, 15) is 0 Å². The molecule has 9 aromatic rings. The van der Waals surface area contributed by atoms with E-state index >= 15 is 0 Å². The zero-order chi connectivity index (χ0) is 45.4. The Balaban J connectivity index is 0.000000180. The second-order valence-electron chi connectivity index (χ2n) is 16.9. The molecule has 0 spiro atoms. The van der Waals surface area contributed by atoms with Crippen LogP contribution < -0.4 is 44.2 Å².